The molecule has 0 bridgehead atoms. The summed E-state index contributed by atoms with van der Waals surface area (Å²) >= 11 is 3.65. The van der Waals surface area contributed by atoms with E-state index in [-0.39, 0.29) is 0 Å². The average molecular weight is 242 g/mol. The lowest BCUT2D eigenvalue weighted by atomic mass is 10.2. The number of nitrogens with zero attached hydrogens (tertiary/aromatic N) is 3. The second kappa shape index (κ2) is 3.62. The Bertz CT molecular complexity index is 267. The molecular formula is C9H12BrN3. The first-order chi connectivity index (χ1) is 6.27. The van der Waals surface area contributed by atoms with Gasteiger partial charge in [0.05, 0.1) is 0 Å². The fourth-order valence-electron chi connectivity index (χ4n) is 1.58. The maximum Gasteiger partial charge on any atom is 0.151 e. The summed E-state index contributed by atoms with van der Waals surface area (Å²) in [5.41, 5.74) is 0. The van der Waals surface area contributed by atoms with Crippen LogP contribution in [0, 0.1) is 5.92 Å². The van der Waals surface area contributed by atoms with Gasteiger partial charge in [0.25, 0.3) is 0 Å². The van der Waals surface area contributed by atoms with Crippen LogP contribution in [0.2, 0.25) is 0 Å². The molecule has 1 fully saturated rings. The van der Waals surface area contributed by atoms with E-state index in [9.17, 15) is 0 Å². The molecule has 70 valence electrons. The molecule has 1 aromatic rings. The van der Waals surface area contributed by atoms with Gasteiger partial charge in [0, 0.05) is 24.1 Å². The van der Waals surface area contributed by atoms with E-state index >= 15 is 0 Å². The van der Waals surface area contributed by atoms with E-state index in [1.165, 1.54) is 0 Å². The molecule has 0 amide bonds. The molecule has 2 unspecified atom stereocenters. The zero-order valence-corrected chi connectivity index (χ0v) is 9.11. The van der Waals surface area contributed by atoms with Crippen LogP contribution < -0.4 is 4.90 Å². The van der Waals surface area contributed by atoms with Gasteiger partial charge in [0.15, 0.2) is 5.82 Å². The van der Waals surface area contributed by atoms with Gasteiger partial charge >= 0.3 is 0 Å². The quantitative estimate of drug-likeness (QED) is 0.702. The van der Waals surface area contributed by atoms with Crippen LogP contribution in [-0.4, -0.2) is 28.1 Å². The SMILES string of the molecule is CC1CN(c2cccnn2)CC1Br. The lowest BCUT2D eigenvalue weighted by molar-refractivity contribution is 0.678. The first kappa shape index (κ1) is 8.94. The van der Waals surface area contributed by atoms with E-state index in [0.717, 1.165) is 18.9 Å². The van der Waals surface area contributed by atoms with E-state index in [0.29, 0.717) is 10.7 Å². The lowest BCUT2D eigenvalue weighted by Crippen LogP contribution is -2.21. The number of alkyl halides is 1. The van der Waals surface area contributed by atoms with Crippen molar-refractivity contribution in [1.29, 1.82) is 0 Å². The van der Waals surface area contributed by atoms with Gasteiger partial charge in [-0.15, -0.1) is 5.10 Å². The fourth-order valence-corrected chi connectivity index (χ4v) is 2.09. The number of hydrogen-bond donors (Lipinski definition) is 0. The molecule has 0 aromatic carbocycles. The molecule has 2 atom stereocenters. The predicted molar refractivity (Wildman–Crippen MR) is 56.1 cm³/mol. The summed E-state index contributed by atoms with van der Waals surface area (Å²) in [6.45, 7) is 4.34. The van der Waals surface area contributed by atoms with Gasteiger partial charge < -0.3 is 4.90 Å². The average Bonchev–Trinajstić information content (AvgIpc) is 2.49. The minimum atomic E-state index is 0.578. The Labute approximate surface area is 86.3 Å². The van der Waals surface area contributed by atoms with Crippen LogP contribution in [0.25, 0.3) is 0 Å². The molecule has 0 N–H and O–H groups in total. The van der Waals surface area contributed by atoms with Gasteiger partial charge in [0.2, 0.25) is 0 Å². The van der Waals surface area contributed by atoms with Crippen molar-refractivity contribution in [2.24, 2.45) is 5.92 Å². The Morgan fingerprint density at radius 3 is 2.92 bits per heavy atom. The third-order valence-corrected chi connectivity index (χ3v) is 3.59. The van der Waals surface area contributed by atoms with Gasteiger partial charge in [-0.1, -0.05) is 22.9 Å². The van der Waals surface area contributed by atoms with Crippen molar-refractivity contribution < 1.29 is 0 Å². The molecule has 0 saturated carbocycles. The summed E-state index contributed by atoms with van der Waals surface area (Å²) in [4.78, 5) is 2.84. The highest BCUT2D eigenvalue weighted by molar-refractivity contribution is 9.09. The van der Waals surface area contributed by atoms with Crippen molar-refractivity contribution in [2.75, 3.05) is 18.0 Å². The van der Waals surface area contributed by atoms with Crippen LogP contribution in [-0.2, 0) is 0 Å². The van der Waals surface area contributed by atoms with Gasteiger partial charge in [-0.25, -0.2) is 0 Å². The third-order valence-electron chi connectivity index (χ3n) is 2.40. The minimum Gasteiger partial charge on any atom is -0.354 e. The second-order valence-electron chi connectivity index (χ2n) is 3.48. The number of rotatable bonds is 1. The smallest absolute Gasteiger partial charge is 0.151 e. The van der Waals surface area contributed by atoms with E-state index < -0.39 is 0 Å². The number of aromatic nitrogens is 2. The molecule has 2 rings (SSSR count). The summed E-state index contributed by atoms with van der Waals surface area (Å²) in [5, 5.41) is 7.96. The molecule has 1 saturated heterocycles. The Balaban J connectivity index is 2.12. The minimum absolute atomic E-state index is 0.578. The lowest BCUT2D eigenvalue weighted by Gasteiger charge is -2.15. The Morgan fingerprint density at radius 1 is 1.54 bits per heavy atom. The molecule has 13 heavy (non-hydrogen) atoms. The largest absolute Gasteiger partial charge is 0.354 e. The molecule has 2 heterocycles. The van der Waals surface area contributed by atoms with E-state index in [1.54, 1.807) is 6.20 Å². The summed E-state index contributed by atoms with van der Waals surface area (Å²) in [5.74, 6) is 1.67. The zero-order chi connectivity index (χ0) is 9.26. The van der Waals surface area contributed by atoms with Crippen LogP contribution in [0.3, 0.4) is 0 Å². The summed E-state index contributed by atoms with van der Waals surface area (Å²) < 4.78 is 0. The summed E-state index contributed by atoms with van der Waals surface area (Å²) in [6, 6.07) is 3.93. The van der Waals surface area contributed by atoms with Crippen molar-refractivity contribution in [3.63, 3.8) is 0 Å². The highest BCUT2D eigenvalue weighted by atomic mass is 79.9. The molecule has 0 radical (unpaired) electrons. The molecule has 1 aliphatic rings. The monoisotopic (exact) mass is 241 g/mol. The van der Waals surface area contributed by atoms with E-state index in [4.69, 9.17) is 0 Å². The summed E-state index contributed by atoms with van der Waals surface area (Å²) in [7, 11) is 0. The molecule has 1 aromatic heterocycles. The van der Waals surface area contributed by atoms with E-state index in [2.05, 4.69) is 38.0 Å². The van der Waals surface area contributed by atoms with Crippen molar-refractivity contribution in [2.45, 2.75) is 11.8 Å². The molecule has 0 spiro atoms. The zero-order valence-electron chi connectivity index (χ0n) is 7.52. The van der Waals surface area contributed by atoms with Crippen LogP contribution in [0.15, 0.2) is 18.3 Å². The predicted octanol–water partition coefficient (Wildman–Crippen LogP) is 1.70. The van der Waals surface area contributed by atoms with Crippen molar-refractivity contribution in [3.05, 3.63) is 18.3 Å². The Hall–Kier alpha value is -0.640. The third kappa shape index (κ3) is 1.82. The molecule has 3 nitrogen and oxygen atoms in total. The van der Waals surface area contributed by atoms with Gasteiger partial charge in [-0.3, -0.25) is 0 Å². The maximum absolute atomic E-state index is 4.08. The summed E-state index contributed by atoms with van der Waals surface area (Å²) in [6.07, 6.45) is 1.70. The first-order valence-electron chi connectivity index (χ1n) is 4.44. The van der Waals surface area contributed by atoms with Crippen molar-refractivity contribution in [3.8, 4) is 0 Å². The first-order valence-corrected chi connectivity index (χ1v) is 5.35. The molecule has 4 heteroatoms. The Kier molecular flexibility index (Phi) is 2.49. The van der Waals surface area contributed by atoms with Crippen molar-refractivity contribution >= 4 is 21.7 Å². The molecule has 0 aliphatic carbocycles. The normalized spacial score (nSPS) is 28.0. The van der Waals surface area contributed by atoms with Gasteiger partial charge in [0.1, 0.15) is 0 Å². The van der Waals surface area contributed by atoms with Gasteiger partial charge in [-0.2, -0.15) is 5.10 Å². The standard InChI is InChI=1S/C9H12BrN3/c1-7-5-13(6-8(7)10)9-3-2-4-11-12-9/h2-4,7-8H,5-6H2,1H3. The van der Waals surface area contributed by atoms with Crippen LogP contribution in [0.1, 0.15) is 6.92 Å². The van der Waals surface area contributed by atoms with Crippen LogP contribution in [0.4, 0.5) is 5.82 Å². The van der Waals surface area contributed by atoms with Crippen LogP contribution in [0.5, 0.6) is 0 Å². The highest BCUT2D eigenvalue weighted by Crippen LogP contribution is 2.26. The maximum atomic E-state index is 4.08. The number of halogens is 1. The molecular weight excluding hydrogens is 230 g/mol. The highest BCUT2D eigenvalue weighted by Gasteiger charge is 2.28. The number of anilines is 1. The van der Waals surface area contributed by atoms with Crippen LogP contribution >= 0.6 is 15.9 Å². The fraction of sp³-hybridized carbons (Fsp3) is 0.556. The number of hydrogen-bond acceptors (Lipinski definition) is 3. The van der Waals surface area contributed by atoms with Crippen molar-refractivity contribution in [1.82, 2.24) is 10.2 Å². The van der Waals surface area contributed by atoms with E-state index in [1.807, 2.05) is 12.1 Å². The second-order valence-corrected chi connectivity index (χ2v) is 4.66. The molecule has 1 aliphatic heterocycles. The topological polar surface area (TPSA) is 29.0 Å². The Morgan fingerprint density at radius 2 is 2.38 bits per heavy atom. The van der Waals surface area contributed by atoms with Gasteiger partial charge in [-0.05, 0) is 18.1 Å².